The molecule has 2 saturated heterocycles. The molecule has 0 bridgehead atoms. The lowest BCUT2D eigenvalue weighted by Crippen LogP contribution is -2.47. The van der Waals surface area contributed by atoms with Crippen LogP contribution in [0.25, 0.3) is 0 Å². The van der Waals surface area contributed by atoms with Crippen molar-refractivity contribution in [3.63, 3.8) is 0 Å². The summed E-state index contributed by atoms with van der Waals surface area (Å²) in [5.41, 5.74) is 3.28. The van der Waals surface area contributed by atoms with Gasteiger partial charge in [0, 0.05) is 25.3 Å². The molecule has 3 atom stereocenters. The van der Waals surface area contributed by atoms with Crippen molar-refractivity contribution in [3.8, 4) is 0 Å². The van der Waals surface area contributed by atoms with E-state index >= 15 is 0 Å². The van der Waals surface area contributed by atoms with Gasteiger partial charge >= 0.3 is 6.09 Å². The number of anilines is 1. The Hall–Kier alpha value is -3.39. The topological polar surface area (TPSA) is 97.0 Å². The molecule has 186 valence electrons. The maximum atomic E-state index is 13.4. The van der Waals surface area contributed by atoms with E-state index in [1.807, 2.05) is 44.2 Å². The molecule has 2 fully saturated rings. The SMILES string of the molecule is CCCC(=O)Nc1cccc(C2OC(=O)N(Cc3ccc(C)cc3)C2C(=O)NCC2CCCO2)c1. The molecule has 8 nitrogen and oxygen atoms in total. The minimum Gasteiger partial charge on any atom is -0.438 e. The summed E-state index contributed by atoms with van der Waals surface area (Å²) in [6, 6.07) is 14.1. The molecule has 3 unspecified atom stereocenters. The van der Waals surface area contributed by atoms with E-state index in [1.54, 1.807) is 18.2 Å². The lowest BCUT2D eigenvalue weighted by molar-refractivity contribution is -0.127. The number of hydrogen-bond acceptors (Lipinski definition) is 5. The van der Waals surface area contributed by atoms with Crippen LogP contribution in [0.2, 0.25) is 0 Å². The summed E-state index contributed by atoms with van der Waals surface area (Å²) in [6.07, 6.45) is 1.67. The second-order valence-electron chi connectivity index (χ2n) is 9.17. The third-order valence-electron chi connectivity index (χ3n) is 6.33. The van der Waals surface area contributed by atoms with Gasteiger partial charge in [-0.25, -0.2) is 4.79 Å². The fraction of sp³-hybridized carbons (Fsp3) is 0.444. The van der Waals surface area contributed by atoms with Gasteiger partial charge < -0.3 is 20.1 Å². The van der Waals surface area contributed by atoms with Crippen LogP contribution in [0, 0.1) is 6.92 Å². The molecule has 0 radical (unpaired) electrons. The molecule has 2 N–H and O–H groups in total. The van der Waals surface area contributed by atoms with Crippen LogP contribution in [0.3, 0.4) is 0 Å². The molecular formula is C27H33N3O5. The molecule has 0 saturated carbocycles. The summed E-state index contributed by atoms with van der Waals surface area (Å²) < 4.78 is 11.4. The lowest BCUT2D eigenvalue weighted by atomic mass is 9.99. The number of amides is 3. The fourth-order valence-electron chi connectivity index (χ4n) is 4.47. The molecule has 35 heavy (non-hydrogen) atoms. The second-order valence-corrected chi connectivity index (χ2v) is 9.17. The first-order chi connectivity index (χ1) is 16.9. The summed E-state index contributed by atoms with van der Waals surface area (Å²) in [4.78, 5) is 40.0. The van der Waals surface area contributed by atoms with Crippen LogP contribution in [0.1, 0.15) is 55.4 Å². The zero-order valence-corrected chi connectivity index (χ0v) is 20.3. The summed E-state index contributed by atoms with van der Waals surface area (Å²) >= 11 is 0. The van der Waals surface area contributed by atoms with Crippen LogP contribution in [-0.2, 0) is 25.6 Å². The average molecular weight is 480 g/mol. The number of rotatable bonds is 9. The van der Waals surface area contributed by atoms with Crippen molar-refractivity contribution in [3.05, 3.63) is 65.2 Å². The predicted molar refractivity (Wildman–Crippen MR) is 132 cm³/mol. The van der Waals surface area contributed by atoms with Crippen LogP contribution < -0.4 is 10.6 Å². The molecule has 2 aliphatic heterocycles. The van der Waals surface area contributed by atoms with E-state index in [1.165, 1.54) is 4.90 Å². The van der Waals surface area contributed by atoms with Gasteiger partial charge in [-0.05, 0) is 49.4 Å². The number of carbonyl (C=O) groups excluding carboxylic acids is 3. The van der Waals surface area contributed by atoms with E-state index in [2.05, 4.69) is 10.6 Å². The van der Waals surface area contributed by atoms with Gasteiger partial charge in [-0.15, -0.1) is 0 Å². The minimum absolute atomic E-state index is 0.0157. The van der Waals surface area contributed by atoms with Crippen LogP contribution in [0.5, 0.6) is 0 Å². The monoisotopic (exact) mass is 479 g/mol. The number of aryl methyl sites for hydroxylation is 1. The zero-order chi connectivity index (χ0) is 24.8. The molecule has 0 spiro atoms. The van der Waals surface area contributed by atoms with Crippen LogP contribution in [0.4, 0.5) is 10.5 Å². The Balaban J connectivity index is 1.57. The van der Waals surface area contributed by atoms with Crippen LogP contribution in [0.15, 0.2) is 48.5 Å². The van der Waals surface area contributed by atoms with Gasteiger partial charge in [0.1, 0.15) is 0 Å². The third-order valence-corrected chi connectivity index (χ3v) is 6.33. The number of ether oxygens (including phenoxy) is 2. The van der Waals surface area contributed by atoms with Gasteiger partial charge in [-0.2, -0.15) is 0 Å². The Morgan fingerprint density at radius 2 is 1.94 bits per heavy atom. The molecular weight excluding hydrogens is 446 g/mol. The van der Waals surface area contributed by atoms with Crippen LogP contribution >= 0.6 is 0 Å². The Labute approximate surface area is 206 Å². The number of benzene rings is 2. The Kier molecular flexibility index (Phi) is 8.02. The fourth-order valence-corrected chi connectivity index (χ4v) is 4.47. The summed E-state index contributed by atoms with van der Waals surface area (Å²) in [5.74, 6) is -0.371. The third kappa shape index (κ3) is 6.19. The van der Waals surface area contributed by atoms with Gasteiger partial charge in [0.2, 0.25) is 11.8 Å². The molecule has 3 amide bonds. The minimum atomic E-state index is -0.855. The van der Waals surface area contributed by atoms with Crippen molar-refractivity contribution < 1.29 is 23.9 Å². The van der Waals surface area contributed by atoms with Crippen molar-refractivity contribution in [1.29, 1.82) is 0 Å². The van der Waals surface area contributed by atoms with E-state index in [-0.39, 0.29) is 24.5 Å². The summed E-state index contributed by atoms with van der Waals surface area (Å²) in [5, 5.41) is 5.84. The van der Waals surface area contributed by atoms with Gasteiger partial charge in [-0.3, -0.25) is 14.5 Å². The first-order valence-corrected chi connectivity index (χ1v) is 12.3. The highest BCUT2D eigenvalue weighted by atomic mass is 16.6. The first kappa shape index (κ1) is 24.7. The highest BCUT2D eigenvalue weighted by Crippen LogP contribution is 2.35. The van der Waals surface area contributed by atoms with E-state index in [4.69, 9.17) is 9.47 Å². The van der Waals surface area contributed by atoms with Gasteiger partial charge in [0.25, 0.3) is 0 Å². The van der Waals surface area contributed by atoms with Crippen molar-refractivity contribution >= 4 is 23.6 Å². The van der Waals surface area contributed by atoms with E-state index < -0.39 is 18.2 Å². The molecule has 2 aliphatic rings. The van der Waals surface area contributed by atoms with Gasteiger partial charge in [0.15, 0.2) is 12.1 Å². The maximum Gasteiger partial charge on any atom is 0.411 e. The molecule has 2 aromatic carbocycles. The summed E-state index contributed by atoms with van der Waals surface area (Å²) in [6.45, 7) is 5.28. The zero-order valence-electron chi connectivity index (χ0n) is 20.3. The highest BCUT2D eigenvalue weighted by Gasteiger charge is 2.47. The highest BCUT2D eigenvalue weighted by molar-refractivity contribution is 5.91. The van der Waals surface area contributed by atoms with Crippen molar-refractivity contribution in [2.24, 2.45) is 0 Å². The molecule has 8 heteroatoms. The normalized spacial score (nSPS) is 21.6. The average Bonchev–Trinajstić information content (AvgIpc) is 3.47. The maximum absolute atomic E-state index is 13.4. The first-order valence-electron chi connectivity index (χ1n) is 12.3. The smallest absolute Gasteiger partial charge is 0.411 e. The molecule has 0 aliphatic carbocycles. The largest absolute Gasteiger partial charge is 0.438 e. The van der Waals surface area contributed by atoms with Crippen LogP contribution in [-0.4, -0.2) is 48.1 Å². The number of cyclic esters (lactones) is 1. The Morgan fingerprint density at radius 3 is 2.66 bits per heavy atom. The Bertz CT molecular complexity index is 1050. The number of hydrogen-bond donors (Lipinski definition) is 2. The Morgan fingerprint density at radius 1 is 1.14 bits per heavy atom. The van der Waals surface area contributed by atoms with Gasteiger partial charge in [0.05, 0.1) is 12.6 Å². The van der Waals surface area contributed by atoms with Gasteiger partial charge in [-0.1, -0.05) is 48.9 Å². The quantitative estimate of drug-likeness (QED) is 0.565. The van der Waals surface area contributed by atoms with Crippen molar-refractivity contribution in [1.82, 2.24) is 10.2 Å². The molecule has 2 aromatic rings. The van der Waals surface area contributed by atoms with E-state index in [9.17, 15) is 14.4 Å². The predicted octanol–water partition coefficient (Wildman–Crippen LogP) is 4.09. The standard InChI is InChI=1S/C27H33N3O5/c1-3-6-23(31)29-21-8-4-7-20(15-21)25-24(26(32)28-16-22-9-5-14-34-22)30(27(33)35-25)17-19-12-10-18(2)11-13-19/h4,7-8,10-13,15,22,24-25H,3,5-6,9,14,16-17H2,1-2H3,(H,28,32)(H,29,31). The number of nitrogens with one attached hydrogen (secondary N) is 2. The van der Waals surface area contributed by atoms with Crippen molar-refractivity contribution in [2.75, 3.05) is 18.5 Å². The van der Waals surface area contributed by atoms with Crippen molar-refractivity contribution in [2.45, 2.75) is 64.3 Å². The molecule has 2 heterocycles. The number of carbonyl (C=O) groups is 3. The van der Waals surface area contributed by atoms with E-state index in [0.717, 1.165) is 30.4 Å². The lowest BCUT2D eigenvalue weighted by Gasteiger charge is -2.25. The second kappa shape index (κ2) is 11.4. The number of nitrogens with zero attached hydrogens (tertiary/aromatic N) is 1. The molecule has 0 aromatic heterocycles. The van der Waals surface area contributed by atoms with E-state index in [0.29, 0.717) is 30.8 Å². The summed E-state index contributed by atoms with van der Waals surface area (Å²) in [7, 11) is 0. The molecule has 4 rings (SSSR count).